The number of carbonyl (C=O) groups is 3. The van der Waals surface area contributed by atoms with Crippen LogP contribution in [0.25, 0.3) is 0 Å². The van der Waals surface area contributed by atoms with Gasteiger partial charge in [-0.25, -0.2) is 0 Å². The third-order valence-electron chi connectivity index (χ3n) is 4.50. The average Bonchev–Trinajstić information content (AvgIpc) is 2.64. The predicted molar refractivity (Wildman–Crippen MR) is 108 cm³/mol. The number of esters is 2. The molecule has 0 aromatic rings. The van der Waals surface area contributed by atoms with Crippen molar-refractivity contribution in [1.82, 2.24) is 0 Å². The summed E-state index contributed by atoms with van der Waals surface area (Å²) in [6.45, 7) is 6.31. The van der Waals surface area contributed by atoms with E-state index < -0.39 is 6.10 Å². The number of unbranched alkanes of at least 4 members (excludes halogenated alkanes) is 6. The second-order valence-corrected chi connectivity index (χ2v) is 7.24. The van der Waals surface area contributed by atoms with Gasteiger partial charge in [0.2, 0.25) is 0 Å². The molecule has 1 atom stereocenters. The number of hydrogen-bond donors (Lipinski definition) is 0. The van der Waals surface area contributed by atoms with Gasteiger partial charge < -0.3 is 9.47 Å². The number of Topliss-reactive ketones (excluding diaryl/α,β-unsaturated/α-hetero) is 1. The Kier molecular flexibility index (Phi) is 17.1. The molecule has 0 aromatic heterocycles. The van der Waals surface area contributed by atoms with Gasteiger partial charge in [0.25, 0.3) is 0 Å². The van der Waals surface area contributed by atoms with Gasteiger partial charge in [0.05, 0.1) is 0 Å². The zero-order valence-corrected chi connectivity index (χ0v) is 17.7. The van der Waals surface area contributed by atoms with E-state index in [2.05, 4.69) is 20.8 Å². The number of ether oxygens (including phenoxy) is 2. The van der Waals surface area contributed by atoms with Gasteiger partial charge in [0, 0.05) is 25.7 Å². The van der Waals surface area contributed by atoms with Crippen LogP contribution in [-0.4, -0.2) is 30.4 Å². The van der Waals surface area contributed by atoms with E-state index in [9.17, 15) is 14.4 Å². The van der Waals surface area contributed by atoms with Gasteiger partial charge in [0.1, 0.15) is 18.5 Å². The van der Waals surface area contributed by atoms with Crippen molar-refractivity contribution in [3.63, 3.8) is 0 Å². The quantitative estimate of drug-likeness (QED) is 0.229. The summed E-state index contributed by atoms with van der Waals surface area (Å²) in [5, 5.41) is 0. The van der Waals surface area contributed by atoms with Crippen molar-refractivity contribution >= 4 is 17.7 Å². The third kappa shape index (κ3) is 16.5. The van der Waals surface area contributed by atoms with Crippen molar-refractivity contribution in [3.8, 4) is 0 Å². The first-order valence-electron chi connectivity index (χ1n) is 10.9. The molecule has 158 valence electrons. The molecule has 27 heavy (non-hydrogen) atoms. The van der Waals surface area contributed by atoms with E-state index in [1.165, 1.54) is 0 Å². The summed E-state index contributed by atoms with van der Waals surface area (Å²) in [5.41, 5.74) is 0. The van der Waals surface area contributed by atoms with Crippen LogP contribution >= 0.6 is 0 Å². The van der Waals surface area contributed by atoms with E-state index >= 15 is 0 Å². The monoisotopic (exact) mass is 384 g/mol. The van der Waals surface area contributed by atoms with Crippen molar-refractivity contribution in [1.29, 1.82) is 0 Å². The summed E-state index contributed by atoms with van der Waals surface area (Å²) in [6, 6.07) is 0. The smallest absolute Gasteiger partial charge is 0.306 e. The molecule has 0 fully saturated rings. The Morgan fingerprint density at radius 3 is 1.74 bits per heavy atom. The molecular formula is C22H40O5. The Morgan fingerprint density at radius 2 is 1.19 bits per heavy atom. The molecule has 0 saturated carbocycles. The fraction of sp³-hybridized carbons (Fsp3) is 0.864. The molecule has 0 saturated heterocycles. The lowest BCUT2D eigenvalue weighted by Gasteiger charge is -2.18. The van der Waals surface area contributed by atoms with Crippen LogP contribution in [0.15, 0.2) is 0 Å². The average molecular weight is 385 g/mol. The number of ketones is 1. The van der Waals surface area contributed by atoms with Crippen LogP contribution in [-0.2, 0) is 23.9 Å². The number of hydrogen-bond acceptors (Lipinski definition) is 5. The predicted octanol–water partition coefficient (Wildman–Crippen LogP) is 5.53. The second-order valence-electron chi connectivity index (χ2n) is 7.24. The third-order valence-corrected chi connectivity index (χ3v) is 4.50. The minimum absolute atomic E-state index is 0.0483. The summed E-state index contributed by atoms with van der Waals surface area (Å²) >= 11 is 0. The lowest BCUT2D eigenvalue weighted by Crippen LogP contribution is -2.26. The highest BCUT2D eigenvalue weighted by atomic mass is 16.6. The fourth-order valence-corrected chi connectivity index (χ4v) is 2.74. The fourth-order valence-electron chi connectivity index (χ4n) is 2.74. The molecule has 0 radical (unpaired) electrons. The summed E-state index contributed by atoms with van der Waals surface area (Å²) in [4.78, 5) is 35.8. The zero-order valence-electron chi connectivity index (χ0n) is 17.7. The van der Waals surface area contributed by atoms with Gasteiger partial charge in [0.15, 0.2) is 0 Å². The highest BCUT2D eigenvalue weighted by Crippen LogP contribution is 2.11. The van der Waals surface area contributed by atoms with E-state index in [1.54, 1.807) is 0 Å². The summed E-state index contributed by atoms with van der Waals surface area (Å²) in [5.74, 6) is -0.344. The van der Waals surface area contributed by atoms with Gasteiger partial charge in [-0.2, -0.15) is 0 Å². The van der Waals surface area contributed by atoms with Crippen LogP contribution in [0.2, 0.25) is 0 Å². The molecule has 0 aliphatic carbocycles. The van der Waals surface area contributed by atoms with Gasteiger partial charge in [-0.05, 0) is 25.7 Å². The van der Waals surface area contributed by atoms with Crippen molar-refractivity contribution in [2.24, 2.45) is 0 Å². The van der Waals surface area contributed by atoms with Crippen LogP contribution in [0, 0.1) is 0 Å². The Bertz CT molecular complexity index is 380. The molecule has 0 N–H and O–H groups in total. The minimum Gasteiger partial charge on any atom is -0.462 e. The van der Waals surface area contributed by atoms with Crippen LogP contribution in [0.4, 0.5) is 0 Å². The molecule has 0 aliphatic rings. The molecule has 5 heteroatoms. The first kappa shape index (κ1) is 25.6. The number of rotatable bonds is 18. The summed E-state index contributed by atoms with van der Waals surface area (Å²) in [7, 11) is 0. The van der Waals surface area contributed by atoms with Crippen molar-refractivity contribution in [2.75, 3.05) is 6.61 Å². The minimum atomic E-state index is -0.524. The van der Waals surface area contributed by atoms with E-state index in [0.717, 1.165) is 57.8 Å². The van der Waals surface area contributed by atoms with Crippen LogP contribution < -0.4 is 0 Å². The normalized spacial score (nSPS) is 11.8. The highest BCUT2D eigenvalue weighted by molar-refractivity contribution is 5.78. The van der Waals surface area contributed by atoms with Crippen molar-refractivity contribution in [2.45, 2.75) is 117 Å². The molecular weight excluding hydrogens is 344 g/mol. The second kappa shape index (κ2) is 18.0. The first-order chi connectivity index (χ1) is 13.0. The maximum absolute atomic E-state index is 12.0. The molecule has 0 bridgehead atoms. The van der Waals surface area contributed by atoms with Crippen LogP contribution in [0.5, 0.6) is 0 Å². The van der Waals surface area contributed by atoms with E-state index in [4.69, 9.17) is 9.47 Å². The van der Waals surface area contributed by atoms with Crippen molar-refractivity contribution < 1.29 is 23.9 Å². The molecule has 0 aliphatic heterocycles. The van der Waals surface area contributed by atoms with E-state index in [1.807, 2.05) is 0 Å². The molecule has 0 aromatic carbocycles. The van der Waals surface area contributed by atoms with Crippen molar-refractivity contribution in [3.05, 3.63) is 0 Å². The Balaban J connectivity index is 4.36. The SMILES string of the molecule is CCCCCC(=O)CCC(COC(=O)CCCCC)OC(=O)CCCCC. The highest BCUT2D eigenvalue weighted by Gasteiger charge is 2.18. The van der Waals surface area contributed by atoms with E-state index in [0.29, 0.717) is 32.1 Å². The van der Waals surface area contributed by atoms with Gasteiger partial charge in [-0.1, -0.05) is 59.3 Å². The summed E-state index contributed by atoms with van der Waals surface area (Å²) < 4.78 is 10.8. The largest absolute Gasteiger partial charge is 0.462 e. The Labute approximate surface area is 165 Å². The van der Waals surface area contributed by atoms with Gasteiger partial charge in [-0.15, -0.1) is 0 Å². The van der Waals surface area contributed by atoms with Crippen LogP contribution in [0.3, 0.4) is 0 Å². The lowest BCUT2D eigenvalue weighted by molar-refractivity contribution is -0.160. The molecule has 0 spiro atoms. The van der Waals surface area contributed by atoms with Crippen LogP contribution in [0.1, 0.15) is 111 Å². The van der Waals surface area contributed by atoms with Gasteiger partial charge >= 0.3 is 11.9 Å². The molecule has 5 nitrogen and oxygen atoms in total. The molecule has 0 amide bonds. The number of carbonyl (C=O) groups excluding carboxylic acids is 3. The summed E-state index contributed by atoms with van der Waals surface area (Å²) in [6.07, 6.45) is 10.3. The molecule has 0 rings (SSSR count). The maximum atomic E-state index is 12.0. The lowest BCUT2D eigenvalue weighted by atomic mass is 10.1. The standard InChI is InChI=1S/C22H40O5/c1-4-7-10-13-19(23)16-17-20(27-22(25)15-12-9-6-3)18-26-21(24)14-11-8-5-2/h20H,4-18H2,1-3H3. The molecule has 1 unspecified atom stereocenters. The van der Waals surface area contributed by atoms with E-state index in [-0.39, 0.29) is 24.3 Å². The molecule has 0 heterocycles. The maximum Gasteiger partial charge on any atom is 0.306 e. The topological polar surface area (TPSA) is 69.7 Å². The van der Waals surface area contributed by atoms with Gasteiger partial charge in [-0.3, -0.25) is 14.4 Å². The Hall–Kier alpha value is -1.39. The Morgan fingerprint density at radius 1 is 0.667 bits per heavy atom. The first-order valence-corrected chi connectivity index (χ1v) is 10.9. The zero-order chi connectivity index (χ0) is 20.3.